The molecule has 90 valence electrons. The zero-order chi connectivity index (χ0) is 12.4. The van der Waals surface area contributed by atoms with Crippen LogP contribution in [0.5, 0.6) is 0 Å². The fourth-order valence-corrected chi connectivity index (χ4v) is 4.48. The Hall–Kier alpha value is -0.420. The van der Waals surface area contributed by atoms with E-state index in [1.54, 1.807) is 11.0 Å². The monoisotopic (exact) mass is 377 g/mol. The first kappa shape index (κ1) is 13.0. The van der Waals surface area contributed by atoms with Gasteiger partial charge in [0.25, 0.3) is 5.91 Å². The summed E-state index contributed by atoms with van der Waals surface area (Å²) < 4.78 is 1.70. The van der Waals surface area contributed by atoms with Crippen LogP contribution in [-0.4, -0.2) is 36.5 Å². The van der Waals surface area contributed by atoms with Gasteiger partial charge in [0, 0.05) is 19.6 Å². The number of carbonyl (C=O) groups is 1. The molecule has 4 nitrogen and oxygen atoms in total. The molecule has 0 aliphatic carbocycles. The third-order valence-electron chi connectivity index (χ3n) is 2.54. The minimum absolute atomic E-state index is 0.0909. The number of carbonyl (C=O) groups excluding carboxylic acids is 1. The Kier molecular flexibility index (Phi) is 4.20. The van der Waals surface area contributed by atoms with Crippen molar-refractivity contribution in [3.05, 3.63) is 19.2 Å². The van der Waals surface area contributed by atoms with Crippen molar-refractivity contribution in [2.24, 2.45) is 0 Å². The van der Waals surface area contributed by atoms with E-state index in [1.165, 1.54) is 11.3 Å². The Morgan fingerprint density at radius 3 is 3.00 bits per heavy atom. The van der Waals surface area contributed by atoms with Crippen LogP contribution in [0.1, 0.15) is 10.4 Å². The van der Waals surface area contributed by atoms with Crippen LogP contribution in [-0.2, 0) is 0 Å². The van der Waals surface area contributed by atoms with E-state index in [0.717, 1.165) is 14.1 Å². The normalized spacial score (nSPS) is 20.1. The lowest BCUT2D eigenvalue weighted by atomic mass is 10.2. The lowest BCUT2D eigenvalue weighted by molar-refractivity contribution is 0.0687. The fourth-order valence-electron chi connectivity index (χ4n) is 1.70. The van der Waals surface area contributed by atoms with E-state index >= 15 is 0 Å². The fraction of sp³-hybridized carbons (Fsp3) is 0.400. The molecule has 1 aromatic heterocycles. The molecule has 1 aliphatic rings. The SMILES string of the molecule is N#CC1CNCCN1C(=O)c1cc(Br)sc1Br. The first-order valence-corrected chi connectivity index (χ1v) is 7.40. The molecule has 7 heteroatoms. The number of hydrogen-bond donors (Lipinski definition) is 1. The molecular formula is C10H9Br2N3OS. The Bertz CT molecular complexity index is 482. The number of amides is 1. The molecule has 1 N–H and O–H groups in total. The average molecular weight is 379 g/mol. The van der Waals surface area contributed by atoms with E-state index in [9.17, 15) is 4.79 Å². The van der Waals surface area contributed by atoms with Crippen LogP contribution < -0.4 is 5.32 Å². The van der Waals surface area contributed by atoms with E-state index in [4.69, 9.17) is 5.26 Å². The highest BCUT2D eigenvalue weighted by Crippen LogP contribution is 2.32. The van der Waals surface area contributed by atoms with Gasteiger partial charge < -0.3 is 10.2 Å². The van der Waals surface area contributed by atoms with E-state index in [-0.39, 0.29) is 11.9 Å². The van der Waals surface area contributed by atoms with Gasteiger partial charge in [-0.25, -0.2) is 0 Å². The van der Waals surface area contributed by atoms with E-state index in [1.807, 2.05) is 0 Å². The first-order chi connectivity index (χ1) is 8.13. The molecule has 2 heterocycles. The molecule has 1 aromatic rings. The number of nitriles is 1. The summed E-state index contributed by atoms with van der Waals surface area (Å²) in [5, 5.41) is 12.1. The standard InChI is InChI=1S/C10H9Br2N3OS/c11-8-3-7(9(12)17-8)10(16)15-2-1-14-5-6(15)4-13/h3,6,14H,1-2,5H2. The van der Waals surface area contributed by atoms with E-state index in [2.05, 4.69) is 43.2 Å². The molecule has 1 atom stereocenters. The first-order valence-electron chi connectivity index (χ1n) is 4.99. The number of nitrogens with zero attached hydrogens (tertiary/aromatic N) is 2. The highest BCUT2D eigenvalue weighted by molar-refractivity contribution is 9.12. The second-order valence-corrected chi connectivity index (χ2v) is 7.33. The molecule has 2 rings (SSSR count). The molecule has 0 radical (unpaired) electrons. The minimum Gasteiger partial charge on any atom is -0.320 e. The van der Waals surface area contributed by atoms with Crippen molar-refractivity contribution in [2.75, 3.05) is 19.6 Å². The van der Waals surface area contributed by atoms with Gasteiger partial charge in [-0.2, -0.15) is 5.26 Å². The summed E-state index contributed by atoms with van der Waals surface area (Å²) in [6, 6.07) is 3.55. The van der Waals surface area contributed by atoms with Crippen molar-refractivity contribution in [1.82, 2.24) is 10.2 Å². The predicted molar refractivity (Wildman–Crippen MR) is 73.0 cm³/mol. The lowest BCUT2D eigenvalue weighted by Gasteiger charge is -2.31. The van der Waals surface area contributed by atoms with E-state index < -0.39 is 0 Å². The van der Waals surface area contributed by atoms with Gasteiger partial charge in [0.15, 0.2) is 0 Å². The number of piperazine rings is 1. The Labute approximate surface area is 120 Å². The summed E-state index contributed by atoms with van der Waals surface area (Å²) >= 11 is 8.17. The molecule has 1 unspecified atom stereocenters. The molecule has 0 saturated carbocycles. The minimum atomic E-state index is -0.387. The topological polar surface area (TPSA) is 56.1 Å². The second-order valence-electron chi connectivity index (χ2n) is 3.59. The van der Waals surface area contributed by atoms with Gasteiger partial charge in [-0.1, -0.05) is 0 Å². The van der Waals surface area contributed by atoms with Crippen LogP contribution in [0.3, 0.4) is 0 Å². The predicted octanol–water partition coefficient (Wildman–Crippen LogP) is 2.21. The lowest BCUT2D eigenvalue weighted by Crippen LogP contribution is -2.53. The van der Waals surface area contributed by atoms with Gasteiger partial charge in [-0.3, -0.25) is 4.79 Å². The highest BCUT2D eigenvalue weighted by atomic mass is 79.9. The Morgan fingerprint density at radius 1 is 1.65 bits per heavy atom. The number of nitrogens with one attached hydrogen (secondary N) is 1. The van der Waals surface area contributed by atoms with Crippen LogP contribution in [0.4, 0.5) is 0 Å². The maximum Gasteiger partial charge on any atom is 0.257 e. The van der Waals surface area contributed by atoms with Crippen LogP contribution in [0.15, 0.2) is 13.6 Å². The zero-order valence-electron chi connectivity index (χ0n) is 8.74. The van der Waals surface area contributed by atoms with Gasteiger partial charge >= 0.3 is 0 Å². The number of halogens is 2. The van der Waals surface area contributed by atoms with Crippen LogP contribution in [0, 0.1) is 11.3 Å². The van der Waals surface area contributed by atoms with Crippen LogP contribution in [0.25, 0.3) is 0 Å². The van der Waals surface area contributed by atoms with Gasteiger partial charge in [0.2, 0.25) is 0 Å². The molecule has 1 saturated heterocycles. The number of thiophene rings is 1. The quantitative estimate of drug-likeness (QED) is 0.815. The van der Waals surface area contributed by atoms with Crippen molar-refractivity contribution in [3.63, 3.8) is 0 Å². The largest absolute Gasteiger partial charge is 0.320 e. The van der Waals surface area contributed by atoms with Gasteiger partial charge in [-0.05, 0) is 37.9 Å². The summed E-state index contributed by atoms with van der Waals surface area (Å²) in [7, 11) is 0. The van der Waals surface area contributed by atoms with Crippen molar-refractivity contribution >= 4 is 49.1 Å². The summed E-state index contributed by atoms with van der Waals surface area (Å²) in [6.45, 7) is 1.83. The van der Waals surface area contributed by atoms with Crippen molar-refractivity contribution < 1.29 is 4.79 Å². The average Bonchev–Trinajstić information content (AvgIpc) is 2.67. The number of rotatable bonds is 1. The molecule has 17 heavy (non-hydrogen) atoms. The number of hydrogen-bond acceptors (Lipinski definition) is 4. The summed E-state index contributed by atoms with van der Waals surface area (Å²) in [4.78, 5) is 13.9. The zero-order valence-corrected chi connectivity index (χ0v) is 12.7. The molecule has 1 aliphatic heterocycles. The van der Waals surface area contributed by atoms with E-state index in [0.29, 0.717) is 18.7 Å². The van der Waals surface area contributed by atoms with Crippen molar-refractivity contribution in [2.45, 2.75) is 6.04 Å². The molecule has 0 bridgehead atoms. The highest BCUT2D eigenvalue weighted by Gasteiger charge is 2.28. The smallest absolute Gasteiger partial charge is 0.257 e. The van der Waals surface area contributed by atoms with Crippen LogP contribution in [0.2, 0.25) is 0 Å². The maximum atomic E-state index is 12.3. The third-order valence-corrected chi connectivity index (χ3v) is 4.88. The molecule has 1 fully saturated rings. The molecule has 1 amide bonds. The Balaban J connectivity index is 2.24. The second kappa shape index (κ2) is 5.48. The maximum absolute atomic E-state index is 12.3. The van der Waals surface area contributed by atoms with Gasteiger partial charge in [-0.15, -0.1) is 11.3 Å². The molecule has 0 spiro atoms. The summed E-state index contributed by atoms with van der Waals surface area (Å²) in [6.07, 6.45) is 0. The van der Waals surface area contributed by atoms with Crippen molar-refractivity contribution in [1.29, 1.82) is 5.26 Å². The van der Waals surface area contributed by atoms with Crippen molar-refractivity contribution in [3.8, 4) is 6.07 Å². The summed E-state index contributed by atoms with van der Waals surface area (Å²) in [5.74, 6) is -0.0909. The molecular weight excluding hydrogens is 370 g/mol. The van der Waals surface area contributed by atoms with Gasteiger partial charge in [0.05, 0.1) is 19.2 Å². The Morgan fingerprint density at radius 2 is 2.41 bits per heavy atom. The van der Waals surface area contributed by atoms with Gasteiger partial charge in [0.1, 0.15) is 6.04 Å². The third kappa shape index (κ3) is 2.71. The molecule has 0 aromatic carbocycles. The summed E-state index contributed by atoms with van der Waals surface area (Å²) in [5.41, 5.74) is 0.615. The van der Waals surface area contributed by atoms with Crippen LogP contribution >= 0.6 is 43.2 Å².